The summed E-state index contributed by atoms with van der Waals surface area (Å²) >= 11 is 0. The Balaban J connectivity index is 0.00000320. The first-order chi connectivity index (χ1) is 14.2. The molecular formula is C23H38IN5O. The number of amides is 1. The van der Waals surface area contributed by atoms with Crippen molar-refractivity contribution < 1.29 is 4.79 Å². The topological polar surface area (TPSA) is 60.0 Å². The number of hydrogen-bond donors (Lipinski definition) is 2. The van der Waals surface area contributed by atoms with Gasteiger partial charge in [-0.3, -0.25) is 14.7 Å². The third-order valence-electron chi connectivity index (χ3n) is 6.35. The van der Waals surface area contributed by atoms with Crippen LogP contribution in [-0.4, -0.2) is 68.0 Å². The molecule has 30 heavy (non-hydrogen) atoms. The SMILES string of the molecule is CN=C(NCC1CCCCN1Cc1ccccc1)N1CCC(CC(=O)NC)CC1.I. The maximum atomic E-state index is 11.6. The lowest BCUT2D eigenvalue weighted by molar-refractivity contribution is -0.121. The molecule has 0 radical (unpaired) electrons. The average molecular weight is 527 g/mol. The van der Waals surface area contributed by atoms with Crippen LogP contribution in [0.25, 0.3) is 0 Å². The number of rotatable bonds is 6. The van der Waals surface area contributed by atoms with E-state index in [0.717, 1.165) is 45.0 Å². The van der Waals surface area contributed by atoms with Gasteiger partial charge in [-0.15, -0.1) is 24.0 Å². The van der Waals surface area contributed by atoms with Gasteiger partial charge in [0.15, 0.2) is 5.96 Å². The highest BCUT2D eigenvalue weighted by Gasteiger charge is 2.26. The fourth-order valence-corrected chi connectivity index (χ4v) is 4.57. The summed E-state index contributed by atoms with van der Waals surface area (Å²) in [5.41, 5.74) is 1.39. The summed E-state index contributed by atoms with van der Waals surface area (Å²) in [5, 5.41) is 6.39. The summed E-state index contributed by atoms with van der Waals surface area (Å²) in [7, 11) is 3.59. The molecule has 2 aliphatic rings. The van der Waals surface area contributed by atoms with Crippen molar-refractivity contribution in [3.05, 3.63) is 35.9 Å². The Morgan fingerprint density at radius 1 is 1.10 bits per heavy atom. The van der Waals surface area contributed by atoms with Gasteiger partial charge < -0.3 is 15.5 Å². The second kappa shape index (κ2) is 13.1. The first-order valence-electron chi connectivity index (χ1n) is 11.1. The van der Waals surface area contributed by atoms with E-state index < -0.39 is 0 Å². The van der Waals surface area contributed by atoms with Crippen molar-refractivity contribution in [1.82, 2.24) is 20.4 Å². The highest BCUT2D eigenvalue weighted by atomic mass is 127. The zero-order valence-electron chi connectivity index (χ0n) is 18.5. The molecular weight excluding hydrogens is 489 g/mol. The Morgan fingerprint density at radius 3 is 2.50 bits per heavy atom. The van der Waals surface area contributed by atoms with E-state index in [1.54, 1.807) is 7.05 Å². The predicted molar refractivity (Wildman–Crippen MR) is 134 cm³/mol. The summed E-state index contributed by atoms with van der Waals surface area (Å²) in [4.78, 5) is 21.1. The average Bonchev–Trinajstić information content (AvgIpc) is 2.77. The maximum Gasteiger partial charge on any atom is 0.220 e. The Hall–Kier alpha value is -1.35. The summed E-state index contributed by atoms with van der Waals surface area (Å²) in [6.07, 6.45) is 6.59. The molecule has 0 aliphatic carbocycles. The third-order valence-corrected chi connectivity index (χ3v) is 6.35. The number of nitrogens with zero attached hydrogens (tertiary/aromatic N) is 3. The minimum absolute atomic E-state index is 0. The van der Waals surface area contributed by atoms with Crippen LogP contribution in [0.5, 0.6) is 0 Å². The number of carbonyl (C=O) groups is 1. The van der Waals surface area contributed by atoms with E-state index in [1.165, 1.54) is 31.4 Å². The molecule has 168 valence electrons. The van der Waals surface area contributed by atoms with E-state index in [2.05, 4.69) is 55.8 Å². The lowest BCUT2D eigenvalue weighted by atomic mass is 9.93. The van der Waals surface area contributed by atoms with Crippen LogP contribution < -0.4 is 10.6 Å². The maximum absolute atomic E-state index is 11.6. The van der Waals surface area contributed by atoms with Gasteiger partial charge in [0.1, 0.15) is 0 Å². The highest BCUT2D eigenvalue weighted by molar-refractivity contribution is 14.0. The fraction of sp³-hybridized carbons (Fsp3) is 0.652. The Morgan fingerprint density at radius 2 is 1.83 bits per heavy atom. The number of guanidine groups is 1. The molecule has 0 bridgehead atoms. The smallest absolute Gasteiger partial charge is 0.220 e. The van der Waals surface area contributed by atoms with E-state index >= 15 is 0 Å². The molecule has 7 heteroatoms. The molecule has 1 amide bonds. The van der Waals surface area contributed by atoms with Crippen molar-refractivity contribution in [3.63, 3.8) is 0 Å². The van der Waals surface area contributed by atoms with E-state index in [-0.39, 0.29) is 29.9 Å². The van der Waals surface area contributed by atoms with E-state index in [9.17, 15) is 4.79 Å². The van der Waals surface area contributed by atoms with Crippen LogP contribution in [0.2, 0.25) is 0 Å². The molecule has 2 N–H and O–H groups in total. The van der Waals surface area contributed by atoms with Crippen LogP contribution in [0.3, 0.4) is 0 Å². The number of piperidine rings is 2. The Labute approximate surface area is 198 Å². The standard InChI is InChI=1S/C23H37N5O.HI/c1-24-22(29)16-19-11-14-27(15-12-19)23(25-2)26-17-21-10-6-7-13-28(21)18-20-8-4-3-5-9-20;/h3-5,8-9,19,21H,6-7,10-18H2,1-2H3,(H,24,29)(H,25,26);1H. The zero-order valence-corrected chi connectivity index (χ0v) is 20.8. The van der Waals surface area contributed by atoms with Crippen LogP contribution in [0.4, 0.5) is 0 Å². The summed E-state index contributed by atoms with van der Waals surface area (Å²) in [6.45, 7) is 5.08. The van der Waals surface area contributed by atoms with Gasteiger partial charge in [-0.25, -0.2) is 0 Å². The van der Waals surface area contributed by atoms with Gasteiger partial charge in [0.2, 0.25) is 5.91 Å². The molecule has 0 saturated carbocycles. The van der Waals surface area contributed by atoms with Gasteiger partial charge in [-0.05, 0) is 43.7 Å². The molecule has 2 saturated heterocycles. The first-order valence-corrected chi connectivity index (χ1v) is 11.1. The number of nitrogens with one attached hydrogen (secondary N) is 2. The minimum Gasteiger partial charge on any atom is -0.359 e. The van der Waals surface area contributed by atoms with Gasteiger partial charge in [0.05, 0.1) is 0 Å². The van der Waals surface area contributed by atoms with Crippen LogP contribution in [-0.2, 0) is 11.3 Å². The number of carbonyl (C=O) groups excluding carboxylic acids is 1. The van der Waals surface area contributed by atoms with Crippen molar-refractivity contribution in [1.29, 1.82) is 0 Å². The number of likely N-dealkylation sites (tertiary alicyclic amines) is 2. The van der Waals surface area contributed by atoms with Crippen LogP contribution in [0, 0.1) is 5.92 Å². The first kappa shape index (κ1) is 24.9. The summed E-state index contributed by atoms with van der Waals surface area (Å²) in [5.74, 6) is 1.65. The molecule has 2 fully saturated rings. The van der Waals surface area contributed by atoms with Gasteiger partial charge in [-0.1, -0.05) is 36.8 Å². The zero-order chi connectivity index (χ0) is 20.5. The Kier molecular flexibility index (Phi) is 10.9. The van der Waals surface area contributed by atoms with Crippen molar-refractivity contribution in [2.45, 2.75) is 51.1 Å². The van der Waals surface area contributed by atoms with E-state index in [4.69, 9.17) is 0 Å². The number of aliphatic imine (C=N–C) groups is 1. The second-order valence-corrected chi connectivity index (χ2v) is 8.34. The van der Waals surface area contributed by atoms with Crippen LogP contribution in [0.1, 0.15) is 44.1 Å². The van der Waals surface area contributed by atoms with E-state index in [1.807, 2.05) is 7.05 Å². The molecule has 0 aromatic heterocycles. The molecule has 1 atom stereocenters. The molecule has 2 aliphatic heterocycles. The van der Waals surface area contributed by atoms with Gasteiger partial charge in [0, 0.05) is 52.7 Å². The predicted octanol–water partition coefficient (Wildman–Crippen LogP) is 3.08. The van der Waals surface area contributed by atoms with Gasteiger partial charge in [-0.2, -0.15) is 0 Å². The van der Waals surface area contributed by atoms with E-state index in [0.29, 0.717) is 18.4 Å². The third kappa shape index (κ3) is 7.41. The Bertz CT molecular complexity index is 661. The fourth-order valence-electron chi connectivity index (χ4n) is 4.57. The molecule has 1 aromatic rings. The van der Waals surface area contributed by atoms with Crippen LogP contribution in [0.15, 0.2) is 35.3 Å². The molecule has 3 rings (SSSR count). The molecule has 6 nitrogen and oxygen atoms in total. The largest absolute Gasteiger partial charge is 0.359 e. The molecule has 1 aromatic carbocycles. The minimum atomic E-state index is 0. The molecule has 0 spiro atoms. The summed E-state index contributed by atoms with van der Waals surface area (Å²) in [6, 6.07) is 11.3. The lowest BCUT2D eigenvalue weighted by Crippen LogP contribution is -2.51. The summed E-state index contributed by atoms with van der Waals surface area (Å²) < 4.78 is 0. The van der Waals surface area contributed by atoms with Crippen molar-refractivity contribution in [2.24, 2.45) is 10.9 Å². The monoisotopic (exact) mass is 527 g/mol. The van der Waals surface area contributed by atoms with Gasteiger partial charge in [0.25, 0.3) is 0 Å². The van der Waals surface area contributed by atoms with Gasteiger partial charge >= 0.3 is 0 Å². The van der Waals surface area contributed by atoms with Crippen molar-refractivity contribution >= 4 is 35.8 Å². The normalized spacial score (nSPS) is 21.1. The number of benzene rings is 1. The number of hydrogen-bond acceptors (Lipinski definition) is 3. The molecule has 1 unspecified atom stereocenters. The van der Waals surface area contributed by atoms with Crippen molar-refractivity contribution in [3.8, 4) is 0 Å². The number of halogens is 1. The highest BCUT2D eigenvalue weighted by Crippen LogP contribution is 2.21. The lowest BCUT2D eigenvalue weighted by Gasteiger charge is -2.38. The molecule has 2 heterocycles. The van der Waals surface area contributed by atoms with Crippen molar-refractivity contribution in [2.75, 3.05) is 40.3 Å². The van der Waals surface area contributed by atoms with Crippen LogP contribution >= 0.6 is 24.0 Å². The quantitative estimate of drug-likeness (QED) is 0.339. The second-order valence-electron chi connectivity index (χ2n) is 8.34.